The molecule has 2 aromatic carbocycles. The maximum atomic E-state index is 12.3. The quantitative estimate of drug-likeness (QED) is 0.913. The minimum atomic E-state index is -3.48. The van der Waals surface area contributed by atoms with E-state index >= 15 is 0 Å². The Balaban J connectivity index is 2.24. The molecule has 0 aromatic heterocycles. The lowest BCUT2D eigenvalue weighted by atomic mass is 10.1. The number of rotatable bonds is 5. The number of hydrogen-bond acceptors (Lipinski definition) is 3. The molecule has 4 nitrogen and oxygen atoms in total. The highest BCUT2D eigenvalue weighted by atomic mass is 32.2. The molecule has 0 aliphatic rings. The highest BCUT2D eigenvalue weighted by Crippen LogP contribution is 2.21. The number of hydrogen-bond donors (Lipinski definition) is 1. The van der Waals surface area contributed by atoms with Crippen LogP contribution in [0.4, 0.5) is 0 Å². The number of carbonyl (C=O) groups is 1. The molecule has 0 unspecified atom stereocenters. The lowest BCUT2D eigenvalue weighted by molar-refractivity contribution is -0.117. The Morgan fingerprint density at radius 3 is 2.00 bits per heavy atom. The van der Waals surface area contributed by atoms with E-state index in [2.05, 4.69) is 0 Å². The van der Waals surface area contributed by atoms with Gasteiger partial charge in [-0.3, -0.25) is 4.79 Å². The number of sulfone groups is 1. The Kier molecular flexibility index (Phi) is 4.20. The van der Waals surface area contributed by atoms with Gasteiger partial charge in [0.05, 0.1) is 9.79 Å². The minimum Gasteiger partial charge on any atom is -0.370 e. The smallest absolute Gasteiger partial charge is 0.217 e. The summed E-state index contributed by atoms with van der Waals surface area (Å²) in [5.41, 5.74) is 5.97. The van der Waals surface area contributed by atoms with Gasteiger partial charge < -0.3 is 5.73 Å². The molecule has 0 atom stereocenters. The lowest BCUT2D eigenvalue weighted by Crippen LogP contribution is -2.11. The molecule has 0 spiro atoms. The van der Waals surface area contributed by atoms with E-state index in [0.29, 0.717) is 6.42 Å². The molecular formula is C15H15NO3S. The van der Waals surface area contributed by atoms with E-state index in [0.717, 1.165) is 5.56 Å². The topological polar surface area (TPSA) is 77.2 Å². The van der Waals surface area contributed by atoms with E-state index in [1.807, 2.05) is 0 Å². The fourth-order valence-electron chi connectivity index (χ4n) is 1.84. The first kappa shape index (κ1) is 14.3. The molecule has 0 fully saturated rings. The molecule has 0 radical (unpaired) electrons. The van der Waals surface area contributed by atoms with Crippen LogP contribution in [-0.4, -0.2) is 14.3 Å². The summed E-state index contributed by atoms with van der Waals surface area (Å²) < 4.78 is 24.7. The van der Waals surface area contributed by atoms with Crippen LogP contribution in [0.15, 0.2) is 64.4 Å². The molecule has 0 saturated heterocycles. The van der Waals surface area contributed by atoms with Gasteiger partial charge in [-0.2, -0.15) is 0 Å². The van der Waals surface area contributed by atoms with Crippen LogP contribution < -0.4 is 5.73 Å². The van der Waals surface area contributed by atoms with E-state index in [1.54, 1.807) is 54.6 Å². The van der Waals surface area contributed by atoms with Gasteiger partial charge in [0.1, 0.15) is 0 Å². The largest absolute Gasteiger partial charge is 0.370 e. The highest BCUT2D eigenvalue weighted by Gasteiger charge is 2.16. The summed E-state index contributed by atoms with van der Waals surface area (Å²) in [7, 11) is -3.48. The first-order chi connectivity index (χ1) is 9.50. The summed E-state index contributed by atoms with van der Waals surface area (Å²) in [6.45, 7) is 0. The van der Waals surface area contributed by atoms with Gasteiger partial charge in [0.15, 0.2) is 0 Å². The van der Waals surface area contributed by atoms with Crippen LogP contribution in [0.3, 0.4) is 0 Å². The second-order valence-corrected chi connectivity index (χ2v) is 6.38. The van der Waals surface area contributed by atoms with Crippen LogP contribution in [0.1, 0.15) is 12.0 Å². The normalized spacial score (nSPS) is 11.2. The van der Waals surface area contributed by atoms with Crippen molar-refractivity contribution in [1.29, 1.82) is 0 Å². The number of primary amides is 1. The van der Waals surface area contributed by atoms with Gasteiger partial charge in [-0.05, 0) is 36.2 Å². The van der Waals surface area contributed by atoms with E-state index in [9.17, 15) is 13.2 Å². The summed E-state index contributed by atoms with van der Waals surface area (Å²) in [6.07, 6.45) is 0.770. The average molecular weight is 289 g/mol. The number of aryl methyl sites for hydroxylation is 1. The van der Waals surface area contributed by atoms with Crippen molar-refractivity contribution in [3.63, 3.8) is 0 Å². The summed E-state index contributed by atoms with van der Waals surface area (Å²) in [5.74, 6) is -0.369. The Bertz CT molecular complexity index is 692. The van der Waals surface area contributed by atoms with Gasteiger partial charge in [0.25, 0.3) is 0 Å². The third kappa shape index (κ3) is 3.24. The van der Waals surface area contributed by atoms with Crippen molar-refractivity contribution in [2.45, 2.75) is 22.6 Å². The second-order valence-electron chi connectivity index (χ2n) is 4.43. The third-order valence-corrected chi connectivity index (χ3v) is 4.73. The van der Waals surface area contributed by atoms with Gasteiger partial charge in [0, 0.05) is 6.42 Å². The van der Waals surface area contributed by atoms with Crippen LogP contribution in [-0.2, 0) is 21.1 Å². The standard InChI is InChI=1S/C15H15NO3S/c16-15(17)11-8-12-6-9-14(10-7-12)20(18,19)13-4-2-1-3-5-13/h1-7,9-10H,8,11H2,(H2,16,17). The van der Waals surface area contributed by atoms with Gasteiger partial charge in [-0.15, -0.1) is 0 Å². The zero-order valence-corrected chi connectivity index (χ0v) is 11.6. The number of carbonyl (C=O) groups excluding carboxylic acids is 1. The van der Waals surface area contributed by atoms with Crippen LogP contribution >= 0.6 is 0 Å². The van der Waals surface area contributed by atoms with Crippen molar-refractivity contribution < 1.29 is 13.2 Å². The number of nitrogens with two attached hydrogens (primary N) is 1. The monoisotopic (exact) mass is 289 g/mol. The fourth-order valence-corrected chi connectivity index (χ4v) is 3.12. The SMILES string of the molecule is NC(=O)CCc1ccc(S(=O)(=O)c2ccccc2)cc1. The van der Waals surface area contributed by atoms with Crippen molar-refractivity contribution in [1.82, 2.24) is 0 Å². The van der Waals surface area contributed by atoms with Crippen LogP contribution in [0.5, 0.6) is 0 Å². The van der Waals surface area contributed by atoms with Gasteiger partial charge >= 0.3 is 0 Å². The van der Waals surface area contributed by atoms with E-state index in [-0.39, 0.29) is 22.1 Å². The lowest BCUT2D eigenvalue weighted by Gasteiger charge is -2.05. The molecule has 1 amide bonds. The molecule has 0 aliphatic heterocycles. The van der Waals surface area contributed by atoms with Crippen LogP contribution in [0.25, 0.3) is 0 Å². The molecule has 2 N–H and O–H groups in total. The summed E-state index contributed by atoms with van der Waals surface area (Å²) in [4.78, 5) is 11.2. The Morgan fingerprint density at radius 1 is 0.900 bits per heavy atom. The Hall–Kier alpha value is -2.14. The Morgan fingerprint density at radius 2 is 1.45 bits per heavy atom. The summed E-state index contributed by atoms with van der Waals surface area (Å²) in [5, 5.41) is 0. The number of amides is 1. The summed E-state index contributed by atoms with van der Waals surface area (Å²) in [6, 6.07) is 14.8. The molecule has 0 bridgehead atoms. The van der Waals surface area contributed by atoms with Crippen molar-refractivity contribution >= 4 is 15.7 Å². The van der Waals surface area contributed by atoms with Crippen LogP contribution in [0.2, 0.25) is 0 Å². The zero-order valence-electron chi connectivity index (χ0n) is 10.8. The first-order valence-electron chi connectivity index (χ1n) is 6.17. The van der Waals surface area contributed by atoms with Crippen molar-refractivity contribution in [3.8, 4) is 0 Å². The molecule has 0 heterocycles. The first-order valence-corrected chi connectivity index (χ1v) is 7.66. The average Bonchev–Trinajstić information content (AvgIpc) is 2.46. The molecule has 2 rings (SSSR count). The molecule has 0 aliphatic carbocycles. The maximum Gasteiger partial charge on any atom is 0.217 e. The van der Waals surface area contributed by atoms with Gasteiger partial charge in [-0.25, -0.2) is 8.42 Å². The van der Waals surface area contributed by atoms with Crippen molar-refractivity contribution in [2.75, 3.05) is 0 Å². The van der Waals surface area contributed by atoms with Gasteiger partial charge in [-0.1, -0.05) is 30.3 Å². The molecule has 20 heavy (non-hydrogen) atoms. The molecule has 104 valence electrons. The van der Waals surface area contributed by atoms with Crippen LogP contribution in [0, 0.1) is 0 Å². The second kappa shape index (κ2) is 5.88. The molecule has 2 aromatic rings. The molecular weight excluding hydrogens is 274 g/mol. The van der Waals surface area contributed by atoms with Gasteiger partial charge in [0.2, 0.25) is 15.7 Å². The minimum absolute atomic E-state index is 0.242. The number of benzene rings is 2. The zero-order chi connectivity index (χ0) is 14.6. The van der Waals surface area contributed by atoms with E-state index in [4.69, 9.17) is 5.73 Å². The molecule has 5 heteroatoms. The summed E-state index contributed by atoms with van der Waals surface area (Å²) >= 11 is 0. The predicted octanol–water partition coefficient (Wildman–Crippen LogP) is 1.94. The van der Waals surface area contributed by atoms with Crippen molar-refractivity contribution in [2.24, 2.45) is 5.73 Å². The van der Waals surface area contributed by atoms with Crippen molar-refractivity contribution in [3.05, 3.63) is 60.2 Å². The predicted molar refractivity (Wildman–Crippen MR) is 75.9 cm³/mol. The third-order valence-electron chi connectivity index (χ3n) is 2.95. The Labute approximate surface area is 118 Å². The van der Waals surface area contributed by atoms with E-state index < -0.39 is 9.84 Å². The van der Waals surface area contributed by atoms with E-state index in [1.165, 1.54) is 0 Å². The highest BCUT2D eigenvalue weighted by molar-refractivity contribution is 7.91. The fraction of sp³-hybridized carbons (Fsp3) is 0.133. The maximum absolute atomic E-state index is 12.3. The molecule has 0 saturated carbocycles.